The molecule has 7 heteroatoms. The Balaban J connectivity index is 2.05. The van der Waals surface area contributed by atoms with E-state index in [1.165, 1.54) is 30.3 Å². The van der Waals surface area contributed by atoms with E-state index in [0.29, 0.717) is 11.3 Å². The van der Waals surface area contributed by atoms with E-state index in [4.69, 9.17) is 20.3 Å². The summed E-state index contributed by atoms with van der Waals surface area (Å²) in [5.74, 6) is -0.199. The maximum absolute atomic E-state index is 12.0. The van der Waals surface area contributed by atoms with Crippen molar-refractivity contribution in [3.8, 4) is 11.5 Å². The van der Waals surface area contributed by atoms with Gasteiger partial charge in [-0.2, -0.15) is 0 Å². The highest BCUT2D eigenvalue weighted by Gasteiger charge is 2.10. The largest absolute Gasteiger partial charge is 0.508 e. The Labute approximate surface area is 120 Å². The number of aromatic hydroxyl groups is 1. The molecule has 21 heavy (non-hydrogen) atoms. The number of nitrogens with zero attached hydrogens (tertiary/aromatic N) is 1. The molecule has 0 fully saturated rings. The van der Waals surface area contributed by atoms with Crippen molar-refractivity contribution in [2.24, 2.45) is 0 Å². The molecule has 0 aromatic heterocycles. The maximum Gasteiger partial charge on any atom is 0.343 e. The lowest BCUT2D eigenvalue weighted by Gasteiger charge is -2.08. The third-order valence-electron chi connectivity index (χ3n) is 2.56. The molecular formula is C14H13NO6. The van der Waals surface area contributed by atoms with Crippen molar-refractivity contribution in [3.05, 3.63) is 59.7 Å². The van der Waals surface area contributed by atoms with Crippen LogP contribution >= 0.6 is 0 Å². The molecule has 0 aliphatic carbocycles. The second kappa shape index (κ2) is 6.82. The minimum atomic E-state index is -0.576. The van der Waals surface area contributed by atoms with Crippen LogP contribution in [0.4, 0.5) is 0 Å². The van der Waals surface area contributed by atoms with E-state index in [9.17, 15) is 4.79 Å². The van der Waals surface area contributed by atoms with Crippen molar-refractivity contribution < 1.29 is 29.9 Å². The SMILES string of the molecule is O=C(Oc1ccc(O)cc1)c1cccc(CON(O)O)c1. The lowest BCUT2D eigenvalue weighted by molar-refractivity contribution is -0.497. The van der Waals surface area contributed by atoms with Crippen LogP contribution in [-0.2, 0) is 11.4 Å². The summed E-state index contributed by atoms with van der Waals surface area (Å²) in [5.41, 5.74) is 0.842. The predicted octanol–water partition coefficient (Wildman–Crippen LogP) is 2.12. The highest BCUT2D eigenvalue weighted by molar-refractivity contribution is 5.91. The van der Waals surface area contributed by atoms with Crippen LogP contribution in [0.3, 0.4) is 0 Å². The molecule has 0 heterocycles. The van der Waals surface area contributed by atoms with Crippen molar-refractivity contribution in [2.75, 3.05) is 0 Å². The van der Waals surface area contributed by atoms with Gasteiger partial charge in [0.15, 0.2) is 0 Å². The molecule has 0 amide bonds. The normalized spacial score (nSPS) is 10.6. The van der Waals surface area contributed by atoms with E-state index < -0.39 is 11.4 Å². The first-order chi connectivity index (χ1) is 10.0. The number of rotatable bonds is 5. The van der Waals surface area contributed by atoms with Gasteiger partial charge in [0.1, 0.15) is 11.5 Å². The number of hydrogen-bond donors (Lipinski definition) is 3. The van der Waals surface area contributed by atoms with Crippen LogP contribution in [-0.4, -0.2) is 26.9 Å². The minimum absolute atomic E-state index is 0.0755. The van der Waals surface area contributed by atoms with Crippen molar-refractivity contribution in [2.45, 2.75) is 6.61 Å². The summed E-state index contributed by atoms with van der Waals surface area (Å²) in [7, 11) is 0. The van der Waals surface area contributed by atoms with Crippen LogP contribution in [0.1, 0.15) is 15.9 Å². The van der Waals surface area contributed by atoms with Crippen molar-refractivity contribution in [1.82, 2.24) is 5.39 Å². The highest BCUT2D eigenvalue weighted by Crippen LogP contribution is 2.17. The Morgan fingerprint density at radius 3 is 2.48 bits per heavy atom. The second-order valence-corrected chi connectivity index (χ2v) is 4.11. The monoisotopic (exact) mass is 291 g/mol. The summed E-state index contributed by atoms with van der Waals surface area (Å²) in [6, 6.07) is 12.1. The Morgan fingerprint density at radius 1 is 1.10 bits per heavy atom. The van der Waals surface area contributed by atoms with Gasteiger partial charge in [-0.25, -0.2) is 9.63 Å². The molecule has 2 aromatic carbocycles. The van der Waals surface area contributed by atoms with Gasteiger partial charge in [-0.05, 0) is 42.0 Å². The zero-order valence-corrected chi connectivity index (χ0v) is 10.8. The summed E-state index contributed by atoms with van der Waals surface area (Å²) in [5, 5.41) is 25.7. The lowest BCUT2D eigenvalue weighted by Crippen LogP contribution is -2.14. The van der Waals surface area contributed by atoms with Gasteiger partial charge in [0, 0.05) is 0 Å². The van der Waals surface area contributed by atoms with Crippen molar-refractivity contribution in [3.63, 3.8) is 0 Å². The summed E-state index contributed by atoms with van der Waals surface area (Å²) in [6.45, 7) is -0.118. The van der Waals surface area contributed by atoms with E-state index >= 15 is 0 Å². The Morgan fingerprint density at radius 2 is 1.81 bits per heavy atom. The number of phenolic OH excluding ortho intramolecular Hbond substituents is 1. The number of esters is 1. The molecule has 0 saturated heterocycles. The predicted molar refractivity (Wildman–Crippen MR) is 69.7 cm³/mol. The van der Waals surface area contributed by atoms with Gasteiger partial charge in [-0.15, -0.1) is 0 Å². The quantitative estimate of drug-likeness (QED) is 0.441. The van der Waals surface area contributed by atoms with Gasteiger partial charge >= 0.3 is 5.97 Å². The van der Waals surface area contributed by atoms with Crippen molar-refractivity contribution >= 4 is 5.97 Å². The molecule has 2 aromatic rings. The molecule has 2 rings (SSSR count). The van der Waals surface area contributed by atoms with Crippen LogP contribution < -0.4 is 4.74 Å². The van der Waals surface area contributed by atoms with Crippen LogP contribution in [0.5, 0.6) is 11.5 Å². The summed E-state index contributed by atoms with van der Waals surface area (Å²) < 4.78 is 5.14. The van der Waals surface area contributed by atoms with E-state index in [1.54, 1.807) is 18.2 Å². The number of ether oxygens (including phenoxy) is 1. The number of hydrogen-bond acceptors (Lipinski definition) is 7. The van der Waals surface area contributed by atoms with Crippen LogP contribution in [0, 0.1) is 0 Å². The summed E-state index contributed by atoms with van der Waals surface area (Å²) in [6.07, 6.45) is 0. The van der Waals surface area contributed by atoms with Gasteiger partial charge in [-0.3, -0.25) is 10.4 Å². The fourth-order valence-electron chi connectivity index (χ4n) is 1.60. The smallest absolute Gasteiger partial charge is 0.343 e. The molecule has 0 atom stereocenters. The molecule has 0 spiro atoms. The van der Waals surface area contributed by atoms with Crippen LogP contribution in [0.2, 0.25) is 0 Å². The molecule has 0 unspecified atom stereocenters. The average molecular weight is 291 g/mol. The number of carbonyl (C=O) groups is 1. The third-order valence-corrected chi connectivity index (χ3v) is 2.56. The highest BCUT2D eigenvalue weighted by atomic mass is 17.1. The van der Waals surface area contributed by atoms with E-state index in [-0.39, 0.29) is 17.9 Å². The van der Waals surface area contributed by atoms with Gasteiger partial charge in [0.2, 0.25) is 0 Å². The first kappa shape index (κ1) is 14.9. The van der Waals surface area contributed by atoms with E-state index in [1.807, 2.05) is 0 Å². The maximum atomic E-state index is 12.0. The number of phenols is 1. The standard InChI is InChI=1S/C14H13NO6/c16-12-4-6-13(7-5-12)21-14(17)11-3-1-2-10(8-11)9-20-15(18)19/h1-8,16,18-19H,9H2. The first-order valence-corrected chi connectivity index (χ1v) is 5.95. The molecule has 3 N–H and O–H groups in total. The molecule has 0 aliphatic heterocycles. The van der Waals surface area contributed by atoms with Gasteiger partial charge in [-0.1, -0.05) is 12.1 Å². The number of carbonyl (C=O) groups excluding carboxylic acids is 1. The zero-order chi connectivity index (χ0) is 15.2. The second-order valence-electron chi connectivity index (χ2n) is 4.11. The van der Waals surface area contributed by atoms with Gasteiger partial charge in [0.25, 0.3) is 0 Å². The zero-order valence-electron chi connectivity index (χ0n) is 10.8. The fourth-order valence-corrected chi connectivity index (χ4v) is 1.60. The van der Waals surface area contributed by atoms with E-state index in [0.717, 1.165) is 0 Å². The first-order valence-electron chi connectivity index (χ1n) is 5.95. The third kappa shape index (κ3) is 4.55. The average Bonchev–Trinajstić information content (AvgIpc) is 2.48. The van der Waals surface area contributed by atoms with Crippen LogP contribution in [0.15, 0.2) is 48.5 Å². The summed E-state index contributed by atoms with van der Waals surface area (Å²) >= 11 is 0. The Bertz CT molecular complexity index is 611. The van der Waals surface area contributed by atoms with Gasteiger partial charge in [0.05, 0.1) is 17.6 Å². The molecule has 0 aliphatic rings. The molecule has 0 radical (unpaired) electrons. The Kier molecular flexibility index (Phi) is 4.85. The molecule has 110 valence electrons. The molecule has 0 bridgehead atoms. The molecule has 7 nitrogen and oxygen atoms in total. The molecular weight excluding hydrogens is 278 g/mol. The van der Waals surface area contributed by atoms with Crippen LogP contribution in [0.25, 0.3) is 0 Å². The van der Waals surface area contributed by atoms with Gasteiger partial charge < -0.3 is 9.84 Å². The topological polar surface area (TPSA) is 99.5 Å². The van der Waals surface area contributed by atoms with Crippen molar-refractivity contribution in [1.29, 1.82) is 0 Å². The Hall–Kier alpha value is -2.45. The summed E-state index contributed by atoms with van der Waals surface area (Å²) in [4.78, 5) is 16.4. The van der Waals surface area contributed by atoms with E-state index in [2.05, 4.69) is 4.84 Å². The number of benzene rings is 2. The minimum Gasteiger partial charge on any atom is -0.508 e. The lowest BCUT2D eigenvalue weighted by atomic mass is 10.1. The molecule has 0 saturated carbocycles. The fraction of sp³-hybridized carbons (Fsp3) is 0.0714.